The molecule has 0 radical (unpaired) electrons. The standard InChI is InChI=1S/C9H5N7O4S/c10-2-5-1-6(16(19)20)8(11-3-5)21-9-12-13-14-15(9)4-7(17)18/h1,3H,4H2,(H,17,18). The fourth-order valence-corrected chi connectivity index (χ4v) is 2.09. The van der Waals surface area contributed by atoms with Gasteiger partial charge in [-0.05, 0) is 22.2 Å². The molecule has 2 heterocycles. The second-order valence-corrected chi connectivity index (χ2v) is 4.49. The molecule has 0 saturated carbocycles. The summed E-state index contributed by atoms with van der Waals surface area (Å²) < 4.78 is 0.969. The van der Waals surface area contributed by atoms with Crippen LogP contribution >= 0.6 is 11.8 Å². The number of hydrogen-bond donors (Lipinski definition) is 1. The monoisotopic (exact) mass is 307 g/mol. The van der Waals surface area contributed by atoms with E-state index in [4.69, 9.17) is 10.4 Å². The van der Waals surface area contributed by atoms with Crippen molar-refractivity contribution in [1.29, 1.82) is 5.26 Å². The number of aromatic nitrogens is 5. The van der Waals surface area contributed by atoms with Crippen molar-refractivity contribution in [3.63, 3.8) is 0 Å². The van der Waals surface area contributed by atoms with Crippen LogP contribution in [0.5, 0.6) is 0 Å². The number of nitrogens with zero attached hydrogens (tertiary/aromatic N) is 7. The first-order valence-electron chi connectivity index (χ1n) is 5.21. The van der Waals surface area contributed by atoms with Crippen molar-refractivity contribution >= 4 is 23.4 Å². The van der Waals surface area contributed by atoms with E-state index in [2.05, 4.69) is 20.5 Å². The number of carbonyl (C=O) groups is 1. The maximum Gasteiger partial charge on any atom is 0.325 e. The number of tetrazole rings is 1. The van der Waals surface area contributed by atoms with E-state index in [0.717, 1.165) is 22.5 Å². The van der Waals surface area contributed by atoms with Gasteiger partial charge in [-0.2, -0.15) is 5.26 Å². The molecular formula is C9H5N7O4S. The first-order chi connectivity index (χ1) is 10.0. The minimum absolute atomic E-state index is 0.0381. The van der Waals surface area contributed by atoms with Gasteiger partial charge in [-0.3, -0.25) is 14.9 Å². The molecule has 0 atom stereocenters. The fourth-order valence-electron chi connectivity index (χ4n) is 1.29. The van der Waals surface area contributed by atoms with E-state index in [-0.39, 0.29) is 21.4 Å². The van der Waals surface area contributed by atoms with Gasteiger partial charge in [-0.15, -0.1) is 5.10 Å². The number of aliphatic carboxylic acids is 1. The zero-order chi connectivity index (χ0) is 15.4. The minimum Gasteiger partial charge on any atom is -0.480 e. The molecule has 2 aromatic rings. The van der Waals surface area contributed by atoms with Gasteiger partial charge in [0.05, 0.1) is 10.5 Å². The highest BCUT2D eigenvalue weighted by Gasteiger charge is 2.21. The summed E-state index contributed by atoms with van der Waals surface area (Å²) in [5.74, 6) is -1.16. The molecule has 0 aliphatic rings. The van der Waals surface area contributed by atoms with E-state index in [1.165, 1.54) is 6.20 Å². The number of rotatable bonds is 5. The van der Waals surface area contributed by atoms with E-state index in [9.17, 15) is 14.9 Å². The van der Waals surface area contributed by atoms with Crippen LogP contribution in [0.4, 0.5) is 5.69 Å². The average Bonchev–Trinajstić information content (AvgIpc) is 2.85. The molecule has 2 aromatic heterocycles. The smallest absolute Gasteiger partial charge is 0.325 e. The van der Waals surface area contributed by atoms with Crippen molar-refractivity contribution in [3.05, 3.63) is 27.9 Å². The normalized spacial score (nSPS) is 10.0. The fraction of sp³-hybridized carbons (Fsp3) is 0.111. The number of pyridine rings is 1. The zero-order valence-electron chi connectivity index (χ0n) is 10.1. The molecule has 0 aliphatic heterocycles. The third-order valence-electron chi connectivity index (χ3n) is 2.13. The second kappa shape index (κ2) is 5.92. The van der Waals surface area contributed by atoms with Crippen LogP contribution in [0.25, 0.3) is 0 Å². The van der Waals surface area contributed by atoms with Gasteiger partial charge in [0.2, 0.25) is 5.16 Å². The predicted molar refractivity (Wildman–Crippen MR) is 65.2 cm³/mol. The van der Waals surface area contributed by atoms with Crippen molar-refractivity contribution in [2.24, 2.45) is 0 Å². The lowest BCUT2D eigenvalue weighted by molar-refractivity contribution is -0.388. The molecular weight excluding hydrogens is 302 g/mol. The maximum absolute atomic E-state index is 11.0. The molecule has 0 aliphatic carbocycles. The molecule has 12 heteroatoms. The van der Waals surface area contributed by atoms with Crippen molar-refractivity contribution in [2.75, 3.05) is 0 Å². The van der Waals surface area contributed by atoms with Crippen molar-refractivity contribution < 1.29 is 14.8 Å². The molecule has 0 fully saturated rings. The second-order valence-electron chi connectivity index (χ2n) is 3.53. The number of nitro groups is 1. The van der Waals surface area contributed by atoms with Crippen LogP contribution in [0.1, 0.15) is 5.56 Å². The molecule has 21 heavy (non-hydrogen) atoms. The van der Waals surface area contributed by atoms with E-state index < -0.39 is 17.4 Å². The van der Waals surface area contributed by atoms with E-state index in [1.807, 2.05) is 0 Å². The highest BCUT2D eigenvalue weighted by molar-refractivity contribution is 7.99. The molecule has 0 unspecified atom stereocenters. The first kappa shape index (κ1) is 14.3. The number of hydrogen-bond acceptors (Lipinski definition) is 9. The summed E-state index contributed by atoms with van der Waals surface area (Å²) >= 11 is 0.738. The molecule has 2 rings (SSSR count). The van der Waals surface area contributed by atoms with Crippen LogP contribution in [0.2, 0.25) is 0 Å². The molecule has 0 amide bonds. The lowest BCUT2D eigenvalue weighted by atomic mass is 10.3. The molecule has 1 N–H and O–H groups in total. The Morgan fingerprint density at radius 2 is 2.38 bits per heavy atom. The summed E-state index contributed by atoms with van der Waals surface area (Å²) in [5, 5.41) is 38.7. The third kappa shape index (κ3) is 3.28. The average molecular weight is 307 g/mol. The summed E-state index contributed by atoms with van der Waals surface area (Å²) in [6, 6.07) is 2.82. The largest absolute Gasteiger partial charge is 0.480 e. The predicted octanol–water partition coefficient (Wildman–Crippen LogP) is 0.0838. The molecule has 11 nitrogen and oxygen atoms in total. The van der Waals surface area contributed by atoms with Crippen LogP contribution in [0.15, 0.2) is 22.4 Å². The lowest BCUT2D eigenvalue weighted by Crippen LogP contribution is -2.11. The van der Waals surface area contributed by atoms with E-state index >= 15 is 0 Å². The lowest BCUT2D eigenvalue weighted by Gasteiger charge is -2.02. The van der Waals surface area contributed by atoms with Gasteiger partial charge in [0.1, 0.15) is 12.6 Å². The minimum atomic E-state index is -1.16. The third-order valence-corrected chi connectivity index (χ3v) is 3.11. The van der Waals surface area contributed by atoms with Gasteiger partial charge in [0.25, 0.3) is 0 Å². The molecule has 0 spiro atoms. The maximum atomic E-state index is 11.0. The van der Waals surface area contributed by atoms with Crippen molar-refractivity contribution in [2.45, 2.75) is 16.7 Å². The van der Waals surface area contributed by atoms with E-state index in [1.54, 1.807) is 6.07 Å². The van der Waals surface area contributed by atoms with Gasteiger partial charge in [0, 0.05) is 12.3 Å². The Morgan fingerprint density at radius 3 is 3.00 bits per heavy atom. The highest BCUT2D eigenvalue weighted by atomic mass is 32.2. The Balaban J connectivity index is 2.36. The number of nitriles is 1. The Kier molecular flexibility index (Phi) is 4.05. The Morgan fingerprint density at radius 1 is 1.62 bits per heavy atom. The topological polar surface area (TPSA) is 161 Å². The number of carboxylic acid groups (broad SMARTS) is 1. The first-order valence-corrected chi connectivity index (χ1v) is 6.03. The summed E-state index contributed by atoms with van der Waals surface area (Å²) in [4.78, 5) is 24.7. The Bertz CT molecular complexity index is 753. The van der Waals surface area contributed by atoms with Crippen LogP contribution in [-0.2, 0) is 11.3 Å². The zero-order valence-corrected chi connectivity index (χ0v) is 10.9. The van der Waals surface area contributed by atoms with Gasteiger partial charge < -0.3 is 5.11 Å². The van der Waals surface area contributed by atoms with Crippen LogP contribution < -0.4 is 0 Å². The van der Waals surface area contributed by atoms with Gasteiger partial charge in [-0.25, -0.2) is 9.67 Å². The van der Waals surface area contributed by atoms with Gasteiger partial charge in [-0.1, -0.05) is 0 Å². The van der Waals surface area contributed by atoms with Crippen molar-refractivity contribution in [3.8, 4) is 6.07 Å². The van der Waals surface area contributed by atoms with Gasteiger partial charge >= 0.3 is 11.7 Å². The molecule has 0 bridgehead atoms. The number of carboxylic acids is 1. The SMILES string of the molecule is N#Cc1cnc(Sc2nnnn2CC(=O)O)c([N+](=O)[O-])c1. The summed E-state index contributed by atoms with van der Waals surface area (Å²) in [7, 11) is 0. The van der Waals surface area contributed by atoms with Crippen LogP contribution in [0, 0.1) is 21.4 Å². The Hall–Kier alpha value is -3.07. The van der Waals surface area contributed by atoms with Crippen LogP contribution in [-0.4, -0.2) is 41.2 Å². The highest BCUT2D eigenvalue weighted by Crippen LogP contribution is 2.31. The molecule has 106 valence electrons. The Labute approximate surface area is 120 Å². The molecule has 0 aromatic carbocycles. The quantitative estimate of drug-likeness (QED) is 0.591. The van der Waals surface area contributed by atoms with E-state index in [0.29, 0.717) is 0 Å². The van der Waals surface area contributed by atoms with Crippen molar-refractivity contribution in [1.82, 2.24) is 25.2 Å². The summed E-state index contributed by atoms with van der Waals surface area (Å²) in [6.45, 7) is -0.487. The van der Waals surface area contributed by atoms with Crippen LogP contribution in [0.3, 0.4) is 0 Å². The van der Waals surface area contributed by atoms with Gasteiger partial charge in [0.15, 0.2) is 5.03 Å². The summed E-state index contributed by atoms with van der Waals surface area (Å²) in [6.07, 6.45) is 1.17. The molecule has 0 saturated heterocycles. The summed E-state index contributed by atoms with van der Waals surface area (Å²) in [5.41, 5.74) is -0.347.